The first-order chi connectivity index (χ1) is 6.24. The average molecular weight is 199 g/mol. The summed E-state index contributed by atoms with van der Waals surface area (Å²) in [6.07, 6.45) is 1.04. The molecule has 1 fully saturated rings. The molecule has 0 aromatic heterocycles. The van der Waals surface area contributed by atoms with Gasteiger partial charge in [0.05, 0.1) is 6.54 Å². The lowest BCUT2D eigenvalue weighted by atomic mass is 10.3. The summed E-state index contributed by atoms with van der Waals surface area (Å²) in [5.74, 6) is 6.75. The van der Waals surface area contributed by atoms with Gasteiger partial charge in [-0.2, -0.15) is 0 Å². The Morgan fingerprint density at radius 2 is 2.31 bits per heavy atom. The van der Waals surface area contributed by atoms with Gasteiger partial charge in [-0.3, -0.25) is 9.11 Å². The summed E-state index contributed by atoms with van der Waals surface area (Å²) < 4.78 is 11.5. The minimum atomic E-state index is -0.618. The zero-order valence-electron chi connectivity index (χ0n) is 8.38. The molecule has 0 amide bonds. The molecule has 0 spiro atoms. The predicted molar refractivity (Wildman–Crippen MR) is 57.0 cm³/mol. The highest BCUT2D eigenvalue weighted by atomic mass is 32.2. The van der Waals surface area contributed by atoms with Crippen LogP contribution < -0.4 is 0 Å². The zero-order chi connectivity index (χ0) is 9.68. The molecule has 0 aromatic carbocycles. The molecule has 2 atom stereocenters. The topological polar surface area (TPSA) is 20.3 Å². The fourth-order valence-corrected chi connectivity index (χ4v) is 2.59. The molecule has 1 rings (SSSR count). The smallest absolute Gasteiger partial charge is 0.0601 e. The molecule has 13 heavy (non-hydrogen) atoms. The summed E-state index contributed by atoms with van der Waals surface area (Å²) in [6.45, 7) is 6.75. The van der Waals surface area contributed by atoms with Crippen LogP contribution in [0.1, 0.15) is 20.3 Å². The maximum absolute atomic E-state index is 11.5. The van der Waals surface area contributed by atoms with Crippen LogP contribution in [0.2, 0.25) is 0 Å². The first-order valence-corrected chi connectivity index (χ1v) is 6.11. The van der Waals surface area contributed by atoms with Gasteiger partial charge in [-0.15, -0.1) is 5.92 Å². The van der Waals surface area contributed by atoms with E-state index < -0.39 is 10.8 Å². The molecule has 0 N–H and O–H groups in total. The molecule has 1 aliphatic rings. The Morgan fingerprint density at radius 1 is 1.54 bits per heavy atom. The Bertz CT molecular complexity index is 241. The lowest BCUT2D eigenvalue weighted by Crippen LogP contribution is -2.26. The van der Waals surface area contributed by atoms with Crippen LogP contribution in [0.5, 0.6) is 0 Å². The molecule has 3 heteroatoms. The van der Waals surface area contributed by atoms with Crippen molar-refractivity contribution in [3.63, 3.8) is 0 Å². The Balaban J connectivity index is 2.42. The van der Waals surface area contributed by atoms with Gasteiger partial charge in [0.25, 0.3) is 0 Å². The predicted octanol–water partition coefficient (Wildman–Crippen LogP) is 0.853. The molecular formula is C10H17NOS. The van der Waals surface area contributed by atoms with Gasteiger partial charge in [0.15, 0.2) is 0 Å². The van der Waals surface area contributed by atoms with Crippen LogP contribution in [0.3, 0.4) is 0 Å². The normalized spacial score (nSPS) is 30.3. The second-order valence-corrected chi connectivity index (χ2v) is 5.36. The molecule has 0 radical (unpaired) electrons. The summed E-state index contributed by atoms with van der Waals surface area (Å²) in [7, 11) is -0.618. The van der Waals surface area contributed by atoms with Gasteiger partial charge < -0.3 is 0 Å². The number of hydrogen-bond donors (Lipinski definition) is 0. The lowest BCUT2D eigenvalue weighted by molar-refractivity contribution is 0.327. The van der Waals surface area contributed by atoms with E-state index in [1.165, 1.54) is 0 Å². The summed E-state index contributed by atoms with van der Waals surface area (Å²) in [4.78, 5) is 2.29. The number of hydrogen-bond acceptors (Lipinski definition) is 2. The third kappa shape index (κ3) is 3.50. The highest BCUT2D eigenvalue weighted by molar-refractivity contribution is 7.85. The lowest BCUT2D eigenvalue weighted by Gasteiger charge is -2.15. The molecule has 74 valence electrons. The van der Waals surface area contributed by atoms with Crippen LogP contribution in [0.4, 0.5) is 0 Å². The highest BCUT2D eigenvalue weighted by Crippen LogP contribution is 2.08. The van der Waals surface area contributed by atoms with Gasteiger partial charge in [-0.25, -0.2) is 0 Å². The van der Waals surface area contributed by atoms with Gasteiger partial charge in [0, 0.05) is 34.9 Å². The molecule has 2 nitrogen and oxygen atoms in total. The van der Waals surface area contributed by atoms with E-state index in [4.69, 9.17) is 0 Å². The maximum Gasteiger partial charge on any atom is 0.0601 e. The van der Waals surface area contributed by atoms with E-state index in [-0.39, 0.29) is 0 Å². The van der Waals surface area contributed by atoms with Crippen LogP contribution >= 0.6 is 0 Å². The van der Waals surface area contributed by atoms with Crippen molar-refractivity contribution < 1.29 is 4.21 Å². The molecular weight excluding hydrogens is 182 g/mol. The second kappa shape index (κ2) is 5.41. The molecule has 2 unspecified atom stereocenters. The second-order valence-electron chi connectivity index (χ2n) is 3.39. The van der Waals surface area contributed by atoms with Crippen LogP contribution in [0, 0.1) is 11.8 Å². The van der Waals surface area contributed by atoms with Crippen molar-refractivity contribution >= 4 is 10.8 Å². The van der Waals surface area contributed by atoms with Crippen LogP contribution in [0.15, 0.2) is 0 Å². The minimum absolute atomic E-state index is 0.361. The average Bonchev–Trinajstić information content (AvgIpc) is 2.29. The standard InChI is InChI=1S/C10H17NOS/c1-3-4-6-11-7-5-10(2)13(12)9-8-11/h10H,5-9H2,1-2H3. The summed E-state index contributed by atoms with van der Waals surface area (Å²) in [5, 5.41) is 0.361. The Kier molecular flexibility index (Phi) is 4.47. The fourth-order valence-electron chi connectivity index (χ4n) is 1.38. The largest absolute Gasteiger partial charge is 0.291 e. The maximum atomic E-state index is 11.5. The minimum Gasteiger partial charge on any atom is -0.291 e. The Labute approximate surface area is 83.2 Å². The van der Waals surface area contributed by atoms with Crippen LogP contribution in [-0.4, -0.2) is 39.7 Å². The fraction of sp³-hybridized carbons (Fsp3) is 0.800. The van der Waals surface area contributed by atoms with E-state index in [0.717, 1.165) is 31.8 Å². The molecule has 0 aliphatic carbocycles. The van der Waals surface area contributed by atoms with Crippen LogP contribution in [0.25, 0.3) is 0 Å². The van der Waals surface area contributed by atoms with Gasteiger partial charge in [-0.1, -0.05) is 12.8 Å². The zero-order valence-corrected chi connectivity index (χ0v) is 9.19. The van der Waals surface area contributed by atoms with E-state index in [0.29, 0.717) is 5.25 Å². The molecule has 1 aliphatic heterocycles. The summed E-state index contributed by atoms with van der Waals surface area (Å²) in [5.41, 5.74) is 0. The Hall–Kier alpha value is -0.330. The first kappa shape index (κ1) is 10.7. The molecule has 0 saturated carbocycles. The quantitative estimate of drug-likeness (QED) is 0.584. The Morgan fingerprint density at radius 3 is 3.00 bits per heavy atom. The highest BCUT2D eigenvalue weighted by Gasteiger charge is 2.18. The summed E-state index contributed by atoms with van der Waals surface area (Å²) in [6, 6.07) is 0. The SMILES string of the molecule is CC#CCN1CCC(C)S(=O)CC1. The van der Waals surface area contributed by atoms with Crippen molar-refractivity contribution in [3.05, 3.63) is 0 Å². The van der Waals surface area contributed by atoms with Crippen molar-refractivity contribution in [2.24, 2.45) is 0 Å². The monoisotopic (exact) mass is 199 g/mol. The molecule has 1 heterocycles. The van der Waals surface area contributed by atoms with Crippen molar-refractivity contribution in [2.75, 3.05) is 25.4 Å². The number of rotatable bonds is 1. The third-order valence-corrected chi connectivity index (χ3v) is 4.11. The number of nitrogens with zero attached hydrogens (tertiary/aromatic N) is 1. The summed E-state index contributed by atoms with van der Waals surface area (Å²) >= 11 is 0. The van der Waals surface area contributed by atoms with Crippen molar-refractivity contribution in [1.29, 1.82) is 0 Å². The van der Waals surface area contributed by atoms with Crippen molar-refractivity contribution in [3.8, 4) is 11.8 Å². The van der Waals surface area contributed by atoms with Gasteiger partial charge in [0.1, 0.15) is 0 Å². The molecule has 1 saturated heterocycles. The van der Waals surface area contributed by atoms with E-state index in [1.807, 2.05) is 6.92 Å². The van der Waals surface area contributed by atoms with Gasteiger partial charge in [0.2, 0.25) is 0 Å². The van der Waals surface area contributed by atoms with E-state index in [2.05, 4.69) is 23.7 Å². The molecule has 0 aromatic rings. The van der Waals surface area contributed by atoms with E-state index in [9.17, 15) is 4.21 Å². The van der Waals surface area contributed by atoms with Gasteiger partial charge in [-0.05, 0) is 13.3 Å². The van der Waals surface area contributed by atoms with E-state index in [1.54, 1.807) is 0 Å². The van der Waals surface area contributed by atoms with Crippen molar-refractivity contribution in [1.82, 2.24) is 4.90 Å². The molecule has 0 bridgehead atoms. The third-order valence-electron chi connectivity index (χ3n) is 2.39. The first-order valence-electron chi connectivity index (χ1n) is 4.73. The van der Waals surface area contributed by atoms with E-state index >= 15 is 0 Å². The van der Waals surface area contributed by atoms with Crippen molar-refractivity contribution in [2.45, 2.75) is 25.5 Å². The van der Waals surface area contributed by atoms with Gasteiger partial charge >= 0.3 is 0 Å². The van der Waals surface area contributed by atoms with Crippen LogP contribution in [-0.2, 0) is 10.8 Å².